The van der Waals surface area contributed by atoms with Crippen molar-refractivity contribution >= 4 is 11.3 Å². The first kappa shape index (κ1) is 7.33. The van der Waals surface area contributed by atoms with Gasteiger partial charge >= 0.3 is 0 Å². The van der Waals surface area contributed by atoms with E-state index in [-0.39, 0.29) is 0 Å². The summed E-state index contributed by atoms with van der Waals surface area (Å²) in [5, 5.41) is 0. The van der Waals surface area contributed by atoms with Crippen molar-refractivity contribution in [3.05, 3.63) is 21.9 Å². The van der Waals surface area contributed by atoms with Crippen LogP contribution in [0.1, 0.15) is 9.75 Å². The van der Waals surface area contributed by atoms with Crippen LogP contribution in [0.15, 0.2) is 12.1 Å². The minimum absolute atomic E-state index is 0.659. The lowest BCUT2D eigenvalue weighted by Gasteiger charge is -1.89. The SMILES string of the molecule is C#Cc1ccc(COC)s1. The highest BCUT2D eigenvalue weighted by Gasteiger charge is 1.94. The number of hydrogen-bond donors (Lipinski definition) is 0. The van der Waals surface area contributed by atoms with E-state index in [1.54, 1.807) is 18.4 Å². The fourth-order valence-corrected chi connectivity index (χ4v) is 1.47. The first-order valence-corrected chi connectivity index (χ1v) is 3.72. The van der Waals surface area contributed by atoms with Crippen molar-refractivity contribution in [3.63, 3.8) is 0 Å². The fraction of sp³-hybridized carbons (Fsp3) is 0.250. The molecule has 1 aromatic rings. The zero-order valence-electron chi connectivity index (χ0n) is 5.76. The molecule has 0 radical (unpaired) electrons. The average molecular weight is 152 g/mol. The normalized spacial score (nSPS) is 9.20. The summed E-state index contributed by atoms with van der Waals surface area (Å²) in [7, 11) is 1.68. The Morgan fingerprint density at radius 2 is 2.50 bits per heavy atom. The number of ether oxygens (including phenoxy) is 1. The van der Waals surface area contributed by atoms with Gasteiger partial charge in [0, 0.05) is 12.0 Å². The molecule has 0 N–H and O–H groups in total. The Balaban J connectivity index is 2.71. The van der Waals surface area contributed by atoms with Crippen LogP contribution in [0.25, 0.3) is 0 Å². The number of methoxy groups -OCH3 is 1. The van der Waals surface area contributed by atoms with Crippen molar-refractivity contribution in [1.82, 2.24) is 0 Å². The largest absolute Gasteiger partial charge is 0.379 e. The minimum atomic E-state index is 0.659. The topological polar surface area (TPSA) is 9.23 Å². The second-order valence-electron chi connectivity index (χ2n) is 1.84. The molecule has 10 heavy (non-hydrogen) atoms. The maximum Gasteiger partial charge on any atom is 0.0806 e. The summed E-state index contributed by atoms with van der Waals surface area (Å²) in [5.74, 6) is 2.57. The summed E-state index contributed by atoms with van der Waals surface area (Å²) in [6.07, 6.45) is 5.18. The lowest BCUT2D eigenvalue weighted by molar-refractivity contribution is 0.187. The van der Waals surface area contributed by atoms with E-state index in [2.05, 4.69) is 5.92 Å². The van der Waals surface area contributed by atoms with E-state index in [9.17, 15) is 0 Å². The van der Waals surface area contributed by atoms with Crippen LogP contribution in [0.4, 0.5) is 0 Å². The third-order valence-corrected chi connectivity index (χ3v) is 2.08. The molecule has 1 aromatic heterocycles. The molecule has 0 saturated heterocycles. The Bertz CT molecular complexity index is 244. The van der Waals surface area contributed by atoms with Gasteiger partial charge in [0.15, 0.2) is 0 Å². The quantitative estimate of drug-likeness (QED) is 0.588. The van der Waals surface area contributed by atoms with Crippen LogP contribution >= 0.6 is 11.3 Å². The van der Waals surface area contributed by atoms with E-state index < -0.39 is 0 Å². The number of hydrogen-bond acceptors (Lipinski definition) is 2. The third-order valence-electron chi connectivity index (χ3n) is 1.09. The summed E-state index contributed by atoms with van der Waals surface area (Å²) in [6, 6.07) is 3.92. The van der Waals surface area contributed by atoms with E-state index in [0.29, 0.717) is 6.61 Å². The third kappa shape index (κ3) is 1.60. The lowest BCUT2D eigenvalue weighted by Crippen LogP contribution is -1.79. The predicted molar refractivity (Wildman–Crippen MR) is 43.0 cm³/mol. The van der Waals surface area contributed by atoms with Gasteiger partial charge in [-0.1, -0.05) is 5.92 Å². The Kier molecular flexibility index (Phi) is 2.49. The van der Waals surface area contributed by atoms with Gasteiger partial charge in [-0.2, -0.15) is 0 Å². The molecule has 1 rings (SSSR count). The molecule has 0 amide bonds. The van der Waals surface area contributed by atoms with Crippen LogP contribution in [0.5, 0.6) is 0 Å². The summed E-state index contributed by atoms with van der Waals surface area (Å²) in [4.78, 5) is 2.14. The molecule has 0 aromatic carbocycles. The second-order valence-corrected chi connectivity index (χ2v) is 3.01. The first-order chi connectivity index (χ1) is 4.86. The summed E-state index contributed by atoms with van der Waals surface area (Å²) >= 11 is 1.60. The van der Waals surface area contributed by atoms with Crippen LogP contribution in [0.3, 0.4) is 0 Å². The van der Waals surface area contributed by atoms with E-state index in [1.807, 2.05) is 12.1 Å². The van der Waals surface area contributed by atoms with Gasteiger partial charge in [-0.25, -0.2) is 0 Å². The van der Waals surface area contributed by atoms with Gasteiger partial charge in [0.05, 0.1) is 11.5 Å². The highest BCUT2D eigenvalue weighted by molar-refractivity contribution is 7.12. The highest BCUT2D eigenvalue weighted by Crippen LogP contribution is 2.15. The monoisotopic (exact) mass is 152 g/mol. The average Bonchev–Trinajstić information content (AvgIpc) is 2.37. The molecule has 0 aliphatic rings. The summed E-state index contributed by atoms with van der Waals surface area (Å²) < 4.78 is 4.93. The van der Waals surface area contributed by atoms with Crippen molar-refractivity contribution < 1.29 is 4.74 Å². The first-order valence-electron chi connectivity index (χ1n) is 2.91. The maximum atomic E-state index is 5.18. The molecule has 2 heteroatoms. The Morgan fingerprint density at radius 1 is 1.70 bits per heavy atom. The molecule has 0 aliphatic heterocycles. The molecule has 0 aliphatic carbocycles. The molecule has 0 spiro atoms. The van der Waals surface area contributed by atoms with E-state index >= 15 is 0 Å². The highest BCUT2D eigenvalue weighted by atomic mass is 32.1. The Hall–Kier alpha value is -0.780. The molecule has 0 fully saturated rings. The van der Waals surface area contributed by atoms with E-state index in [1.165, 1.54) is 4.88 Å². The Labute approximate surface area is 64.6 Å². The molecule has 0 bridgehead atoms. The summed E-state index contributed by atoms with van der Waals surface area (Å²) in [6.45, 7) is 0.659. The summed E-state index contributed by atoms with van der Waals surface area (Å²) in [5.41, 5.74) is 0. The zero-order chi connectivity index (χ0) is 7.40. The molecule has 1 heterocycles. The standard InChI is InChI=1S/C8H8OS/c1-3-7-4-5-8(10-7)6-9-2/h1,4-5H,6H2,2H3. The molecule has 0 unspecified atom stereocenters. The Morgan fingerprint density at radius 3 is 3.00 bits per heavy atom. The van der Waals surface area contributed by atoms with Gasteiger partial charge in [-0.15, -0.1) is 17.8 Å². The van der Waals surface area contributed by atoms with Gasteiger partial charge in [-0.05, 0) is 12.1 Å². The lowest BCUT2D eigenvalue weighted by atomic mass is 10.4. The second kappa shape index (κ2) is 3.40. The number of terminal acetylenes is 1. The fourth-order valence-electron chi connectivity index (χ4n) is 0.675. The van der Waals surface area contributed by atoms with Crippen molar-refractivity contribution in [2.45, 2.75) is 6.61 Å². The molecule has 0 saturated carbocycles. The van der Waals surface area contributed by atoms with Crippen LogP contribution in [0.2, 0.25) is 0 Å². The van der Waals surface area contributed by atoms with Crippen LogP contribution in [-0.2, 0) is 11.3 Å². The van der Waals surface area contributed by atoms with E-state index in [0.717, 1.165) is 4.88 Å². The van der Waals surface area contributed by atoms with Crippen LogP contribution < -0.4 is 0 Å². The van der Waals surface area contributed by atoms with Crippen molar-refractivity contribution in [1.29, 1.82) is 0 Å². The smallest absolute Gasteiger partial charge is 0.0806 e. The van der Waals surface area contributed by atoms with Crippen LogP contribution in [-0.4, -0.2) is 7.11 Å². The number of rotatable bonds is 2. The molecule has 52 valence electrons. The molecule has 0 atom stereocenters. The van der Waals surface area contributed by atoms with Gasteiger partial charge in [0.2, 0.25) is 0 Å². The van der Waals surface area contributed by atoms with Gasteiger partial charge in [0.1, 0.15) is 0 Å². The van der Waals surface area contributed by atoms with Gasteiger partial charge < -0.3 is 4.74 Å². The predicted octanol–water partition coefficient (Wildman–Crippen LogP) is 1.88. The number of thiophene rings is 1. The van der Waals surface area contributed by atoms with Crippen LogP contribution in [0, 0.1) is 12.3 Å². The van der Waals surface area contributed by atoms with Gasteiger partial charge in [0.25, 0.3) is 0 Å². The van der Waals surface area contributed by atoms with Crippen molar-refractivity contribution in [3.8, 4) is 12.3 Å². The van der Waals surface area contributed by atoms with Crippen molar-refractivity contribution in [2.24, 2.45) is 0 Å². The minimum Gasteiger partial charge on any atom is -0.379 e. The van der Waals surface area contributed by atoms with Crippen molar-refractivity contribution in [2.75, 3.05) is 7.11 Å². The molecular formula is C8H8OS. The molecular weight excluding hydrogens is 144 g/mol. The molecule has 1 nitrogen and oxygen atoms in total. The zero-order valence-corrected chi connectivity index (χ0v) is 6.57. The maximum absolute atomic E-state index is 5.18. The van der Waals surface area contributed by atoms with Gasteiger partial charge in [-0.3, -0.25) is 0 Å². The van der Waals surface area contributed by atoms with E-state index in [4.69, 9.17) is 11.2 Å².